The molecular weight excluding hydrogens is 867 g/mol. The fraction of sp³-hybridized carbons (Fsp3) is 0.786. The largest absolute Gasteiger partial charge is 0.451 e. The molecular formula is C42H71N3O14S3. The predicted octanol–water partition coefficient (Wildman–Crippen LogP) is 6.23. The minimum atomic E-state index is -4.62. The minimum absolute atomic E-state index is 0.0700. The summed E-state index contributed by atoms with van der Waals surface area (Å²) in [6.07, 6.45) is 12.4. The molecule has 62 heavy (non-hydrogen) atoms. The van der Waals surface area contributed by atoms with E-state index in [9.17, 15) is 40.8 Å². The fourth-order valence-corrected chi connectivity index (χ4v) is 11.6. The van der Waals surface area contributed by atoms with Crippen molar-refractivity contribution in [3.8, 4) is 0 Å². The highest BCUT2D eigenvalue weighted by Gasteiger charge is 2.40. The van der Waals surface area contributed by atoms with Gasteiger partial charge < -0.3 is 29.0 Å². The maximum Gasteiger partial charge on any atom is 0.347 e. The number of esters is 4. The third kappa shape index (κ3) is 18.9. The third-order valence-electron chi connectivity index (χ3n) is 10.3. The molecule has 2 N–H and O–H groups in total. The van der Waals surface area contributed by atoms with Gasteiger partial charge in [-0.25, -0.2) is 35.9 Å². The first kappa shape index (κ1) is 55.0. The number of carbonyl (C=O) groups is 5. The molecule has 5 atom stereocenters. The van der Waals surface area contributed by atoms with E-state index in [4.69, 9.17) is 23.7 Å². The van der Waals surface area contributed by atoms with Gasteiger partial charge in [0.05, 0.1) is 0 Å². The topological polar surface area (TPSA) is 227 Å². The third-order valence-corrected chi connectivity index (χ3v) is 15.6. The Labute approximate surface area is 373 Å². The quantitative estimate of drug-likeness (QED) is 0.0464. The number of likely N-dealkylation sites (N-methyl/N-ethyl adjacent to an activating group) is 1. The molecule has 1 unspecified atom stereocenters. The number of nitrogens with one attached hydrogen (secondary N) is 2. The van der Waals surface area contributed by atoms with Crippen LogP contribution in [0, 0.1) is 0 Å². The number of hydrogen-bond acceptors (Lipinski definition) is 16. The van der Waals surface area contributed by atoms with E-state index in [-0.39, 0.29) is 29.3 Å². The molecule has 2 rings (SSSR count). The van der Waals surface area contributed by atoms with Crippen molar-refractivity contribution in [2.45, 2.75) is 190 Å². The molecule has 1 aliphatic rings. The van der Waals surface area contributed by atoms with Crippen LogP contribution in [0.3, 0.4) is 0 Å². The van der Waals surface area contributed by atoms with Gasteiger partial charge in [-0.1, -0.05) is 104 Å². The van der Waals surface area contributed by atoms with Gasteiger partial charge in [0, 0.05) is 44.8 Å². The SMILES string of the molecule is CCCCCCCCCCCCCCCCCC(=O)O[C@@H](C)C(=O)O[C@@H](C)C(=O)O[C@@H](C)C(=O)O[C@@H](C)C(=O)NS(=O)(=O)c1cc2c(s1)S(=O)(=O)N(CCCOC)CC2NCC. The van der Waals surface area contributed by atoms with Gasteiger partial charge in [0.25, 0.3) is 26.0 Å². The van der Waals surface area contributed by atoms with E-state index >= 15 is 0 Å². The van der Waals surface area contributed by atoms with E-state index in [1.165, 1.54) is 102 Å². The average Bonchev–Trinajstić information content (AvgIpc) is 3.69. The van der Waals surface area contributed by atoms with Gasteiger partial charge in [0.15, 0.2) is 24.4 Å². The van der Waals surface area contributed by atoms with Crippen LogP contribution < -0.4 is 10.0 Å². The number of fused-ring (bicyclic) bond motifs is 1. The van der Waals surface area contributed by atoms with Crippen molar-refractivity contribution in [2.75, 3.05) is 33.4 Å². The van der Waals surface area contributed by atoms with E-state index in [0.29, 0.717) is 37.3 Å². The van der Waals surface area contributed by atoms with Gasteiger partial charge in [0.1, 0.15) is 8.42 Å². The molecule has 0 saturated heterocycles. The Balaban J connectivity index is 1.74. The number of rotatable bonds is 32. The number of methoxy groups -OCH3 is 1. The monoisotopic (exact) mass is 937 g/mol. The van der Waals surface area contributed by atoms with Crippen molar-refractivity contribution in [3.63, 3.8) is 0 Å². The summed E-state index contributed by atoms with van der Waals surface area (Å²) < 4.78 is 81.2. The Hall–Kier alpha value is -3.17. The van der Waals surface area contributed by atoms with E-state index in [1.54, 1.807) is 0 Å². The number of unbranched alkanes of at least 4 members (excludes halogenated alkanes) is 14. The summed E-state index contributed by atoms with van der Waals surface area (Å²) in [7, 11) is -7.17. The molecule has 17 nitrogen and oxygen atoms in total. The lowest BCUT2D eigenvalue weighted by Gasteiger charge is -2.32. The Kier molecular flexibility index (Phi) is 25.3. The Morgan fingerprint density at radius 2 is 1.19 bits per heavy atom. The van der Waals surface area contributed by atoms with Gasteiger partial charge >= 0.3 is 23.9 Å². The van der Waals surface area contributed by atoms with E-state index < -0.39 is 84.5 Å². The molecule has 0 radical (unpaired) electrons. The van der Waals surface area contributed by atoms with Crippen molar-refractivity contribution in [3.05, 3.63) is 11.6 Å². The Bertz CT molecular complexity index is 1790. The number of sulfonamides is 2. The molecule has 356 valence electrons. The number of carbonyl (C=O) groups excluding carboxylic acids is 5. The first-order chi connectivity index (χ1) is 29.4. The number of hydrogen-bond donors (Lipinski definition) is 2. The molecule has 1 aromatic heterocycles. The Morgan fingerprint density at radius 1 is 0.726 bits per heavy atom. The summed E-state index contributed by atoms with van der Waals surface area (Å²) in [5, 5.41) is 3.17. The second-order valence-electron chi connectivity index (χ2n) is 15.7. The summed E-state index contributed by atoms with van der Waals surface area (Å²) in [6, 6.07) is 0.693. The van der Waals surface area contributed by atoms with Crippen LogP contribution in [-0.2, 0) is 67.7 Å². The van der Waals surface area contributed by atoms with E-state index in [0.717, 1.165) is 33.1 Å². The molecule has 0 aromatic carbocycles. The van der Waals surface area contributed by atoms with Gasteiger partial charge in [-0.3, -0.25) is 9.59 Å². The maximum atomic E-state index is 13.4. The summed E-state index contributed by atoms with van der Waals surface area (Å²) in [6.45, 7) is 9.82. The molecule has 0 spiro atoms. The second kappa shape index (κ2) is 28.6. The summed E-state index contributed by atoms with van der Waals surface area (Å²) >= 11 is 0.493. The molecule has 0 aliphatic carbocycles. The van der Waals surface area contributed by atoms with Crippen molar-refractivity contribution < 1.29 is 64.5 Å². The molecule has 1 aliphatic heterocycles. The van der Waals surface area contributed by atoms with Crippen LogP contribution in [-0.4, -0.2) is 109 Å². The first-order valence-electron chi connectivity index (χ1n) is 22.1. The zero-order valence-electron chi connectivity index (χ0n) is 37.7. The summed E-state index contributed by atoms with van der Waals surface area (Å²) in [5.74, 6) is -5.16. The van der Waals surface area contributed by atoms with Crippen molar-refractivity contribution in [1.29, 1.82) is 0 Å². The van der Waals surface area contributed by atoms with Crippen molar-refractivity contribution in [1.82, 2.24) is 14.3 Å². The standard InChI is InChI=1S/C42H71N3O14S3/c1-8-10-11-12-13-14-15-16-17-18-19-20-21-22-23-25-36(46)56-31(4)39(48)58-33(6)41(50)59-32(5)40(49)57-30(3)38(47)44-61(51,52)37-28-34-35(43-9-2)29-45(26-24-27-55-7)62(53,54)42(34)60-37/h28,30-33,35,43H,8-27,29H2,1-7H3,(H,44,47)/t30-,31-,32-,33-,35?/m0/s1. The summed E-state index contributed by atoms with van der Waals surface area (Å²) in [4.78, 5) is 63.0. The predicted molar refractivity (Wildman–Crippen MR) is 233 cm³/mol. The highest BCUT2D eigenvalue weighted by Crippen LogP contribution is 2.40. The summed E-state index contributed by atoms with van der Waals surface area (Å²) in [5.41, 5.74) is 0.253. The fourth-order valence-electron chi connectivity index (χ4n) is 6.65. The van der Waals surface area contributed by atoms with E-state index in [1.807, 2.05) is 11.6 Å². The van der Waals surface area contributed by atoms with Gasteiger partial charge in [0.2, 0.25) is 0 Å². The second-order valence-corrected chi connectivity index (χ2v) is 20.8. The van der Waals surface area contributed by atoms with Crippen molar-refractivity contribution >= 4 is 61.2 Å². The lowest BCUT2D eigenvalue weighted by atomic mass is 10.0. The number of amides is 1. The molecule has 2 heterocycles. The van der Waals surface area contributed by atoms with Crippen molar-refractivity contribution in [2.24, 2.45) is 0 Å². The average molecular weight is 938 g/mol. The molecule has 0 saturated carbocycles. The zero-order valence-corrected chi connectivity index (χ0v) is 40.2. The molecule has 1 aromatic rings. The van der Waals surface area contributed by atoms with Crippen LogP contribution in [0.25, 0.3) is 0 Å². The van der Waals surface area contributed by atoms with Crippen LogP contribution in [0.1, 0.15) is 162 Å². The lowest BCUT2D eigenvalue weighted by Crippen LogP contribution is -2.43. The Morgan fingerprint density at radius 3 is 1.68 bits per heavy atom. The maximum absolute atomic E-state index is 13.4. The van der Waals surface area contributed by atoms with Crippen LogP contribution in [0.4, 0.5) is 0 Å². The lowest BCUT2D eigenvalue weighted by molar-refractivity contribution is -0.183. The van der Waals surface area contributed by atoms with Gasteiger partial charge in [-0.05, 0) is 53.1 Å². The minimum Gasteiger partial charge on any atom is -0.451 e. The molecule has 20 heteroatoms. The molecule has 0 fully saturated rings. The highest BCUT2D eigenvalue weighted by atomic mass is 32.3. The highest BCUT2D eigenvalue weighted by molar-refractivity contribution is 7.94. The van der Waals surface area contributed by atoms with Crippen LogP contribution in [0.2, 0.25) is 0 Å². The van der Waals surface area contributed by atoms with Gasteiger partial charge in [-0.2, -0.15) is 4.31 Å². The van der Waals surface area contributed by atoms with E-state index in [2.05, 4.69) is 12.2 Å². The number of ether oxygens (including phenoxy) is 5. The van der Waals surface area contributed by atoms with Crippen LogP contribution in [0.5, 0.6) is 0 Å². The first-order valence-corrected chi connectivity index (χ1v) is 25.9. The van der Waals surface area contributed by atoms with Crippen LogP contribution in [0.15, 0.2) is 14.5 Å². The number of nitrogens with zero attached hydrogens (tertiary/aromatic N) is 1. The molecule has 0 bridgehead atoms. The number of thiophene rings is 1. The smallest absolute Gasteiger partial charge is 0.347 e. The zero-order chi connectivity index (χ0) is 46.3. The van der Waals surface area contributed by atoms with Crippen LogP contribution >= 0.6 is 11.3 Å². The normalized spacial score (nSPS) is 16.9. The van der Waals surface area contributed by atoms with Gasteiger partial charge in [-0.15, -0.1) is 11.3 Å². The molecule has 1 amide bonds.